The minimum absolute atomic E-state index is 0.0775. The molecule has 0 fully saturated rings. The van der Waals surface area contributed by atoms with Gasteiger partial charge in [-0.1, -0.05) is 0 Å². The van der Waals surface area contributed by atoms with Gasteiger partial charge in [0, 0.05) is 6.07 Å². The summed E-state index contributed by atoms with van der Waals surface area (Å²) in [5, 5.41) is 2.05. The van der Waals surface area contributed by atoms with Crippen LogP contribution in [0.15, 0.2) is 36.4 Å². The van der Waals surface area contributed by atoms with E-state index in [1.165, 1.54) is 12.1 Å². The molecule has 2 aromatic carbocycles. The number of alkyl halides is 3. The Bertz CT molecular complexity index is 807. The van der Waals surface area contributed by atoms with Gasteiger partial charge in [-0.25, -0.2) is 4.39 Å². The van der Waals surface area contributed by atoms with Gasteiger partial charge in [-0.15, -0.1) is 0 Å². The van der Waals surface area contributed by atoms with Crippen molar-refractivity contribution < 1.29 is 36.6 Å². The topological polar surface area (TPSA) is 56.8 Å². The molecule has 25 heavy (non-hydrogen) atoms. The van der Waals surface area contributed by atoms with Crippen molar-refractivity contribution >= 4 is 11.6 Å². The quantitative estimate of drug-likeness (QED) is 0.850. The summed E-state index contributed by atoms with van der Waals surface area (Å²) < 4.78 is 67.0. The van der Waals surface area contributed by atoms with Crippen molar-refractivity contribution in [2.24, 2.45) is 0 Å². The van der Waals surface area contributed by atoms with Crippen molar-refractivity contribution in [3.63, 3.8) is 0 Å². The highest BCUT2D eigenvalue weighted by atomic mass is 19.4. The van der Waals surface area contributed by atoms with Crippen molar-refractivity contribution in [1.29, 1.82) is 0 Å². The lowest BCUT2D eigenvalue weighted by molar-refractivity contribution is -0.137. The zero-order valence-corrected chi connectivity index (χ0v) is 12.5. The highest BCUT2D eigenvalue weighted by molar-refractivity contribution is 5.92. The Labute approximate surface area is 139 Å². The van der Waals surface area contributed by atoms with Crippen molar-refractivity contribution in [2.45, 2.75) is 6.18 Å². The van der Waals surface area contributed by atoms with Crippen LogP contribution in [0.3, 0.4) is 0 Å². The lowest BCUT2D eigenvalue weighted by Gasteiger charge is -2.11. The lowest BCUT2D eigenvalue weighted by Crippen LogP contribution is -2.21. The van der Waals surface area contributed by atoms with Gasteiger partial charge in [-0.2, -0.15) is 13.2 Å². The van der Waals surface area contributed by atoms with Gasteiger partial charge in [0.2, 0.25) is 6.79 Å². The Morgan fingerprint density at radius 1 is 1.12 bits per heavy atom. The zero-order valence-electron chi connectivity index (χ0n) is 12.5. The molecule has 0 saturated carbocycles. The number of halogens is 4. The Hall–Kier alpha value is -2.97. The maximum atomic E-state index is 13.6. The first kappa shape index (κ1) is 16.9. The molecule has 1 heterocycles. The van der Waals surface area contributed by atoms with Crippen LogP contribution in [-0.4, -0.2) is 19.3 Å². The molecule has 0 saturated heterocycles. The molecule has 1 aliphatic heterocycles. The maximum absolute atomic E-state index is 13.6. The van der Waals surface area contributed by atoms with Crippen molar-refractivity contribution in [2.75, 3.05) is 18.7 Å². The number of hydrogen-bond acceptors (Lipinski definition) is 4. The van der Waals surface area contributed by atoms with Gasteiger partial charge in [0.15, 0.2) is 18.1 Å². The summed E-state index contributed by atoms with van der Waals surface area (Å²) >= 11 is 0. The molecular formula is C16H11F4NO4. The molecular weight excluding hydrogens is 346 g/mol. The molecule has 0 bridgehead atoms. The Morgan fingerprint density at radius 2 is 1.88 bits per heavy atom. The summed E-state index contributed by atoms with van der Waals surface area (Å²) in [5.74, 6) is -0.520. The summed E-state index contributed by atoms with van der Waals surface area (Å²) in [7, 11) is 0. The number of carbonyl (C=O) groups excluding carboxylic acids is 1. The molecule has 1 amide bonds. The molecule has 1 N–H and O–H groups in total. The Kier molecular flexibility index (Phi) is 4.39. The lowest BCUT2D eigenvalue weighted by atomic mass is 10.2. The first-order chi connectivity index (χ1) is 11.8. The van der Waals surface area contributed by atoms with Crippen LogP contribution in [0.5, 0.6) is 17.2 Å². The van der Waals surface area contributed by atoms with E-state index in [1.54, 1.807) is 6.07 Å². The van der Waals surface area contributed by atoms with Gasteiger partial charge >= 0.3 is 6.18 Å². The van der Waals surface area contributed by atoms with Crippen LogP contribution in [0.4, 0.5) is 23.2 Å². The predicted molar refractivity (Wildman–Crippen MR) is 78.1 cm³/mol. The number of rotatable bonds is 4. The first-order valence-corrected chi connectivity index (χ1v) is 7.02. The molecule has 0 aromatic heterocycles. The molecule has 9 heteroatoms. The largest absolute Gasteiger partial charge is 0.484 e. The van der Waals surface area contributed by atoms with E-state index in [0.717, 1.165) is 0 Å². The fourth-order valence-corrected chi connectivity index (χ4v) is 2.10. The third kappa shape index (κ3) is 3.93. The van der Waals surface area contributed by atoms with Crippen molar-refractivity contribution in [3.8, 4) is 17.2 Å². The number of hydrogen-bond donors (Lipinski definition) is 1. The number of anilines is 1. The van der Waals surface area contributed by atoms with E-state index in [1.807, 2.05) is 0 Å². The number of ether oxygens (including phenoxy) is 3. The molecule has 5 nitrogen and oxygen atoms in total. The fourth-order valence-electron chi connectivity index (χ4n) is 2.10. The molecule has 1 aliphatic rings. The van der Waals surface area contributed by atoms with Gasteiger partial charge in [0.1, 0.15) is 11.6 Å². The summed E-state index contributed by atoms with van der Waals surface area (Å²) in [4.78, 5) is 11.8. The average Bonchev–Trinajstić information content (AvgIpc) is 3.01. The van der Waals surface area contributed by atoms with Gasteiger partial charge in [-0.05, 0) is 30.3 Å². The molecule has 0 atom stereocenters. The maximum Gasteiger partial charge on any atom is 0.416 e. The number of benzene rings is 2. The van der Waals surface area contributed by atoms with Crippen molar-refractivity contribution in [3.05, 3.63) is 47.8 Å². The molecule has 0 unspecified atom stereocenters. The smallest absolute Gasteiger partial charge is 0.416 e. The van der Waals surface area contributed by atoms with E-state index in [4.69, 9.17) is 14.2 Å². The zero-order chi connectivity index (χ0) is 18.0. The van der Waals surface area contributed by atoms with Gasteiger partial charge in [0.25, 0.3) is 5.91 Å². The summed E-state index contributed by atoms with van der Waals surface area (Å²) in [6.07, 6.45) is -4.64. The highest BCUT2D eigenvalue weighted by Crippen LogP contribution is 2.35. The number of nitrogens with one attached hydrogen (secondary N) is 1. The predicted octanol–water partition coefficient (Wildman–Crippen LogP) is 3.59. The van der Waals surface area contributed by atoms with Crippen molar-refractivity contribution in [1.82, 2.24) is 0 Å². The van der Waals surface area contributed by atoms with E-state index in [2.05, 4.69) is 5.32 Å². The van der Waals surface area contributed by atoms with Crippen LogP contribution < -0.4 is 19.5 Å². The van der Waals surface area contributed by atoms with E-state index in [-0.39, 0.29) is 6.79 Å². The van der Waals surface area contributed by atoms with E-state index in [9.17, 15) is 22.4 Å². The number of carbonyl (C=O) groups is 1. The first-order valence-electron chi connectivity index (χ1n) is 7.02. The normalized spacial score (nSPS) is 12.8. The second kappa shape index (κ2) is 6.50. The SMILES string of the molecule is O=C(COc1ccc2c(c1)OCO2)Nc1cc(C(F)(F)F)ccc1F. The van der Waals surface area contributed by atoms with Gasteiger partial charge in [0.05, 0.1) is 11.3 Å². The monoisotopic (exact) mass is 357 g/mol. The van der Waals surface area contributed by atoms with Crippen LogP contribution in [0.25, 0.3) is 0 Å². The Morgan fingerprint density at radius 3 is 2.64 bits per heavy atom. The molecule has 0 spiro atoms. The van der Waals surface area contributed by atoms with Crippen LogP contribution in [0.1, 0.15) is 5.56 Å². The summed E-state index contributed by atoms with van der Waals surface area (Å²) in [6, 6.07) is 6.37. The third-order valence-corrected chi connectivity index (χ3v) is 3.28. The molecule has 0 aliphatic carbocycles. The Balaban J connectivity index is 1.63. The standard InChI is InChI=1S/C16H11F4NO4/c17-11-3-1-9(16(18,19)20)5-12(11)21-15(22)7-23-10-2-4-13-14(6-10)25-8-24-13/h1-6H,7-8H2,(H,21,22). The van der Waals surface area contributed by atoms with E-state index >= 15 is 0 Å². The minimum Gasteiger partial charge on any atom is -0.484 e. The third-order valence-electron chi connectivity index (χ3n) is 3.28. The highest BCUT2D eigenvalue weighted by Gasteiger charge is 2.31. The van der Waals surface area contributed by atoms with Crippen LogP contribution in [-0.2, 0) is 11.0 Å². The summed E-state index contributed by atoms with van der Waals surface area (Å²) in [5.41, 5.74) is -1.64. The average molecular weight is 357 g/mol. The van der Waals surface area contributed by atoms with E-state index in [0.29, 0.717) is 35.4 Å². The molecule has 0 radical (unpaired) electrons. The van der Waals surface area contributed by atoms with Crippen LogP contribution in [0.2, 0.25) is 0 Å². The van der Waals surface area contributed by atoms with E-state index < -0.39 is 35.8 Å². The molecule has 2 aromatic rings. The van der Waals surface area contributed by atoms with Crippen LogP contribution in [0, 0.1) is 5.82 Å². The molecule has 132 valence electrons. The second-order valence-electron chi connectivity index (χ2n) is 5.04. The van der Waals surface area contributed by atoms with Crippen LogP contribution >= 0.6 is 0 Å². The van der Waals surface area contributed by atoms with Gasteiger partial charge < -0.3 is 19.5 Å². The number of amides is 1. The minimum atomic E-state index is -4.64. The second-order valence-corrected chi connectivity index (χ2v) is 5.04. The van der Waals surface area contributed by atoms with Gasteiger partial charge in [-0.3, -0.25) is 4.79 Å². The summed E-state index contributed by atoms with van der Waals surface area (Å²) in [6.45, 7) is -0.441. The molecule has 3 rings (SSSR count). The fraction of sp³-hybridized carbons (Fsp3) is 0.188. The number of fused-ring (bicyclic) bond motifs is 1.